The molecule has 9 nitrogen and oxygen atoms in total. The van der Waals surface area contributed by atoms with Crippen LogP contribution >= 0.6 is 11.6 Å². The Kier molecular flexibility index (Phi) is 8.79. The molecule has 1 aliphatic rings. The van der Waals surface area contributed by atoms with Crippen molar-refractivity contribution in [1.82, 2.24) is 9.97 Å². The number of anilines is 4. The number of nitrogens with zero attached hydrogens (tertiary/aromatic N) is 3. The van der Waals surface area contributed by atoms with Crippen LogP contribution in [-0.2, 0) is 14.3 Å². The van der Waals surface area contributed by atoms with Gasteiger partial charge in [0.1, 0.15) is 0 Å². The Morgan fingerprint density at radius 3 is 2.47 bits per heavy atom. The van der Waals surface area contributed by atoms with Gasteiger partial charge in [0.2, 0.25) is 11.2 Å². The fourth-order valence-corrected chi connectivity index (χ4v) is 2.62. The Morgan fingerprint density at radius 1 is 1.25 bits per heavy atom. The molecule has 0 radical (unpaired) electrons. The first-order valence-electron chi connectivity index (χ1n) is 9.06. The molecule has 0 bridgehead atoms. The Labute approximate surface area is 185 Å². The molecule has 1 aromatic heterocycles. The van der Waals surface area contributed by atoms with Crippen LogP contribution in [0.15, 0.2) is 43.1 Å². The lowest BCUT2D eigenvalue weighted by atomic mass is 10.2. The van der Waals surface area contributed by atoms with Crippen molar-refractivity contribution in [2.24, 2.45) is 0 Å². The number of nitrogens with one attached hydrogen (secondary N) is 2. The number of carboxylic acids is 1. The maximum atomic E-state index is 11.4. The number of alkyl halides is 3. The molecule has 2 aromatic rings. The lowest BCUT2D eigenvalue weighted by Gasteiger charge is -2.29. The molecule has 172 valence electrons. The van der Waals surface area contributed by atoms with Gasteiger partial charge in [0, 0.05) is 24.5 Å². The summed E-state index contributed by atoms with van der Waals surface area (Å²) in [5.74, 6) is -2.42. The minimum atomic E-state index is -5.08. The molecule has 3 N–H and O–H groups in total. The summed E-state index contributed by atoms with van der Waals surface area (Å²) in [6.45, 7) is 6.28. The molecular weight excluding hydrogens is 455 g/mol. The van der Waals surface area contributed by atoms with Crippen molar-refractivity contribution < 1.29 is 32.6 Å². The van der Waals surface area contributed by atoms with Gasteiger partial charge in [-0.1, -0.05) is 12.6 Å². The Hall–Kier alpha value is -3.38. The average Bonchev–Trinajstić information content (AvgIpc) is 2.74. The Bertz CT molecular complexity index is 968. The second kappa shape index (κ2) is 11.3. The predicted molar refractivity (Wildman–Crippen MR) is 112 cm³/mol. The number of aliphatic carboxylic acids is 1. The van der Waals surface area contributed by atoms with E-state index in [0.29, 0.717) is 24.7 Å². The van der Waals surface area contributed by atoms with Crippen molar-refractivity contribution >= 4 is 46.4 Å². The smallest absolute Gasteiger partial charge is 0.475 e. The third-order valence-electron chi connectivity index (χ3n) is 3.91. The molecule has 0 unspecified atom stereocenters. The maximum absolute atomic E-state index is 11.4. The van der Waals surface area contributed by atoms with Crippen LogP contribution in [0.1, 0.15) is 0 Å². The van der Waals surface area contributed by atoms with Crippen molar-refractivity contribution in [1.29, 1.82) is 0 Å². The van der Waals surface area contributed by atoms with E-state index in [1.807, 2.05) is 12.1 Å². The molecule has 13 heteroatoms. The first-order valence-corrected chi connectivity index (χ1v) is 9.44. The largest absolute Gasteiger partial charge is 0.490 e. The summed E-state index contributed by atoms with van der Waals surface area (Å²) in [7, 11) is 0. The van der Waals surface area contributed by atoms with E-state index in [9.17, 15) is 18.0 Å². The molecule has 1 aromatic carbocycles. The summed E-state index contributed by atoms with van der Waals surface area (Å²) in [4.78, 5) is 30.9. The summed E-state index contributed by atoms with van der Waals surface area (Å²) in [5, 5.41) is 13.3. The Morgan fingerprint density at radius 2 is 1.88 bits per heavy atom. The third kappa shape index (κ3) is 7.71. The van der Waals surface area contributed by atoms with E-state index in [-0.39, 0.29) is 11.2 Å². The van der Waals surface area contributed by atoms with Gasteiger partial charge in [-0.2, -0.15) is 18.2 Å². The van der Waals surface area contributed by atoms with E-state index in [1.165, 1.54) is 6.08 Å². The van der Waals surface area contributed by atoms with Gasteiger partial charge in [-0.15, -0.1) is 0 Å². The molecule has 3 rings (SSSR count). The average molecular weight is 474 g/mol. The fraction of sp³-hybridized carbons (Fsp3) is 0.263. The van der Waals surface area contributed by atoms with Gasteiger partial charge in [0.15, 0.2) is 5.82 Å². The van der Waals surface area contributed by atoms with Crippen molar-refractivity contribution in [3.63, 3.8) is 0 Å². The van der Waals surface area contributed by atoms with Crippen LogP contribution < -0.4 is 15.5 Å². The zero-order chi connectivity index (χ0) is 23.7. The van der Waals surface area contributed by atoms with Crippen molar-refractivity contribution in [3.05, 3.63) is 48.4 Å². The van der Waals surface area contributed by atoms with Crippen LogP contribution in [0.25, 0.3) is 0 Å². The second-order valence-electron chi connectivity index (χ2n) is 6.17. The minimum absolute atomic E-state index is 0.163. The molecule has 1 amide bonds. The van der Waals surface area contributed by atoms with Crippen LogP contribution in [0.4, 0.5) is 36.1 Å². The van der Waals surface area contributed by atoms with Gasteiger partial charge in [-0.25, -0.2) is 9.78 Å². The molecule has 0 aliphatic carbocycles. The molecule has 0 atom stereocenters. The lowest BCUT2D eigenvalue weighted by Crippen LogP contribution is -2.36. The number of hydrogen-bond acceptors (Lipinski definition) is 7. The standard InChI is InChI=1S/C17H18ClN5O2.C2HF3O2/c1-2-15(24)20-12-4-3-5-13(10-12)21-16-14(11-19-17(18)22-16)23-6-8-25-9-7-23;3-2(4,5)1(6)7/h2-5,10-11H,1,6-9H2,(H,20,24)(H,19,21,22);(H,6,7). The zero-order valence-electron chi connectivity index (χ0n) is 16.5. The number of amides is 1. The topological polar surface area (TPSA) is 117 Å². The third-order valence-corrected chi connectivity index (χ3v) is 4.09. The van der Waals surface area contributed by atoms with Crippen LogP contribution in [0, 0.1) is 0 Å². The number of halogens is 4. The summed E-state index contributed by atoms with van der Waals surface area (Å²) in [5.41, 5.74) is 2.28. The molecule has 0 saturated carbocycles. The molecule has 2 heterocycles. The monoisotopic (exact) mass is 473 g/mol. The highest BCUT2D eigenvalue weighted by Crippen LogP contribution is 2.29. The molecule has 1 fully saturated rings. The predicted octanol–water partition coefficient (Wildman–Crippen LogP) is 3.47. The van der Waals surface area contributed by atoms with Gasteiger partial charge in [0.25, 0.3) is 0 Å². The number of benzene rings is 1. The van der Waals surface area contributed by atoms with Gasteiger partial charge in [-0.05, 0) is 35.9 Å². The Balaban J connectivity index is 0.000000451. The number of morpholine rings is 1. The van der Waals surface area contributed by atoms with Gasteiger partial charge < -0.3 is 25.4 Å². The minimum Gasteiger partial charge on any atom is -0.475 e. The molecule has 1 saturated heterocycles. The number of hydrogen-bond donors (Lipinski definition) is 3. The summed E-state index contributed by atoms with van der Waals surface area (Å²) in [6.07, 6.45) is -2.16. The molecular formula is C19H19ClF3N5O4. The first-order chi connectivity index (χ1) is 15.1. The van der Waals surface area contributed by atoms with E-state index in [2.05, 4.69) is 32.1 Å². The highest BCUT2D eigenvalue weighted by atomic mass is 35.5. The van der Waals surface area contributed by atoms with Crippen LogP contribution in [0.5, 0.6) is 0 Å². The van der Waals surface area contributed by atoms with Gasteiger partial charge >= 0.3 is 12.1 Å². The summed E-state index contributed by atoms with van der Waals surface area (Å²) >= 11 is 5.97. The highest BCUT2D eigenvalue weighted by molar-refractivity contribution is 6.28. The SMILES string of the molecule is C=CC(=O)Nc1cccc(Nc2nc(Cl)ncc2N2CCOCC2)c1.O=C(O)C(F)(F)F. The number of aromatic nitrogens is 2. The molecule has 1 aliphatic heterocycles. The van der Waals surface area contributed by atoms with Crippen molar-refractivity contribution in [2.75, 3.05) is 41.8 Å². The molecule has 32 heavy (non-hydrogen) atoms. The number of carbonyl (C=O) groups is 2. The summed E-state index contributed by atoms with van der Waals surface area (Å²) in [6, 6.07) is 7.31. The number of carboxylic acid groups (broad SMARTS) is 1. The van der Waals surface area contributed by atoms with Gasteiger partial charge in [-0.3, -0.25) is 4.79 Å². The van der Waals surface area contributed by atoms with E-state index in [4.69, 9.17) is 26.2 Å². The van der Waals surface area contributed by atoms with E-state index in [1.54, 1.807) is 18.3 Å². The lowest BCUT2D eigenvalue weighted by molar-refractivity contribution is -0.192. The van der Waals surface area contributed by atoms with Crippen LogP contribution in [-0.4, -0.2) is 59.4 Å². The quantitative estimate of drug-likeness (QED) is 0.446. The second-order valence-corrected chi connectivity index (χ2v) is 6.51. The van der Waals surface area contributed by atoms with E-state index >= 15 is 0 Å². The van der Waals surface area contributed by atoms with Crippen molar-refractivity contribution in [2.45, 2.75) is 6.18 Å². The van der Waals surface area contributed by atoms with E-state index in [0.717, 1.165) is 24.5 Å². The number of ether oxygens (including phenoxy) is 1. The zero-order valence-corrected chi connectivity index (χ0v) is 17.3. The summed E-state index contributed by atoms with van der Waals surface area (Å²) < 4.78 is 37.1. The van der Waals surface area contributed by atoms with Crippen LogP contribution in [0.3, 0.4) is 0 Å². The van der Waals surface area contributed by atoms with Gasteiger partial charge in [0.05, 0.1) is 25.1 Å². The highest BCUT2D eigenvalue weighted by Gasteiger charge is 2.38. The molecule has 0 spiro atoms. The fourth-order valence-electron chi connectivity index (χ4n) is 2.49. The normalized spacial score (nSPS) is 13.4. The van der Waals surface area contributed by atoms with Crippen LogP contribution in [0.2, 0.25) is 5.28 Å². The maximum Gasteiger partial charge on any atom is 0.490 e. The number of carbonyl (C=O) groups excluding carboxylic acids is 1. The first kappa shape index (κ1) is 24.9. The van der Waals surface area contributed by atoms with E-state index < -0.39 is 12.1 Å². The number of rotatable bonds is 5. The van der Waals surface area contributed by atoms with Crippen molar-refractivity contribution in [3.8, 4) is 0 Å².